The van der Waals surface area contributed by atoms with Gasteiger partial charge >= 0.3 is 0 Å². The molecule has 0 radical (unpaired) electrons. The molecule has 0 aliphatic carbocycles. The molecule has 1 aliphatic rings. The van der Waals surface area contributed by atoms with E-state index in [1.165, 1.54) is 18.5 Å². The number of benzene rings is 1. The number of hydrogen-bond donors (Lipinski definition) is 1. The Labute approximate surface area is 91.6 Å². The van der Waals surface area contributed by atoms with Crippen molar-refractivity contribution >= 4 is 0 Å². The minimum Gasteiger partial charge on any atom is -0.494 e. The molecule has 1 heterocycles. The fourth-order valence-corrected chi connectivity index (χ4v) is 2.17. The molecule has 2 nitrogen and oxygen atoms in total. The third kappa shape index (κ3) is 2.72. The minimum atomic E-state index is 0.750. The maximum atomic E-state index is 5.63. The molecule has 1 N–H and O–H groups in total. The van der Waals surface area contributed by atoms with Crippen molar-refractivity contribution in [2.45, 2.75) is 19.8 Å². The van der Waals surface area contributed by atoms with Crippen LogP contribution in [0.15, 0.2) is 24.3 Å². The predicted molar refractivity (Wildman–Crippen MR) is 62.3 cm³/mol. The summed E-state index contributed by atoms with van der Waals surface area (Å²) in [5.74, 6) is 1.85. The number of nitrogens with one attached hydrogen (secondary N) is 1. The molecule has 1 aromatic rings. The third-order valence-electron chi connectivity index (χ3n) is 2.94. The third-order valence-corrected chi connectivity index (χ3v) is 2.94. The molecule has 0 amide bonds. The van der Waals surface area contributed by atoms with E-state index < -0.39 is 0 Å². The van der Waals surface area contributed by atoms with Crippen molar-refractivity contribution in [3.05, 3.63) is 29.8 Å². The summed E-state index contributed by atoms with van der Waals surface area (Å²) in [5, 5.41) is 3.40. The number of rotatable bonds is 4. The smallest absolute Gasteiger partial charge is 0.122 e. The van der Waals surface area contributed by atoms with Crippen LogP contribution in [-0.2, 0) is 6.42 Å². The van der Waals surface area contributed by atoms with Gasteiger partial charge in [-0.15, -0.1) is 0 Å². The second-order valence-corrected chi connectivity index (χ2v) is 4.10. The fourth-order valence-electron chi connectivity index (χ4n) is 2.17. The van der Waals surface area contributed by atoms with E-state index in [-0.39, 0.29) is 0 Å². The van der Waals surface area contributed by atoms with Crippen LogP contribution in [0.25, 0.3) is 0 Å². The first-order chi connectivity index (χ1) is 7.40. The number of hydrogen-bond acceptors (Lipinski definition) is 2. The van der Waals surface area contributed by atoms with Crippen LogP contribution in [0.1, 0.15) is 18.9 Å². The monoisotopic (exact) mass is 205 g/mol. The normalized spacial score (nSPS) is 20.5. The zero-order valence-electron chi connectivity index (χ0n) is 9.33. The van der Waals surface area contributed by atoms with Gasteiger partial charge in [0.05, 0.1) is 6.61 Å². The largest absolute Gasteiger partial charge is 0.494 e. The van der Waals surface area contributed by atoms with E-state index in [2.05, 4.69) is 23.5 Å². The predicted octanol–water partition coefficient (Wildman–Crippen LogP) is 2.24. The second kappa shape index (κ2) is 5.17. The molecule has 1 atom stereocenters. The molecule has 1 unspecified atom stereocenters. The van der Waals surface area contributed by atoms with Gasteiger partial charge in [0.15, 0.2) is 0 Å². The molecule has 15 heavy (non-hydrogen) atoms. The summed E-state index contributed by atoms with van der Waals surface area (Å²) in [4.78, 5) is 0. The Morgan fingerprint density at radius 1 is 1.40 bits per heavy atom. The van der Waals surface area contributed by atoms with Crippen LogP contribution < -0.4 is 10.1 Å². The van der Waals surface area contributed by atoms with Crippen LogP contribution in [0.4, 0.5) is 0 Å². The van der Waals surface area contributed by atoms with Gasteiger partial charge in [0.25, 0.3) is 0 Å². The standard InChI is InChI=1S/C13H19NO/c1-2-15-13-6-4-3-5-12(13)9-11-7-8-14-10-11/h3-6,11,14H,2,7-10H2,1H3. The topological polar surface area (TPSA) is 21.3 Å². The summed E-state index contributed by atoms with van der Waals surface area (Å²) in [6, 6.07) is 8.39. The lowest BCUT2D eigenvalue weighted by Crippen LogP contribution is -2.11. The Bertz CT molecular complexity index is 305. The Kier molecular flexibility index (Phi) is 3.62. The molecule has 1 saturated heterocycles. The van der Waals surface area contributed by atoms with Gasteiger partial charge in [-0.3, -0.25) is 0 Å². The molecule has 0 aromatic heterocycles. The molecular weight excluding hydrogens is 186 g/mol. The summed E-state index contributed by atoms with van der Waals surface area (Å²) in [6.45, 7) is 5.11. The lowest BCUT2D eigenvalue weighted by molar-refractivity contribution is 0.334. The molecule has 0 bridgehead atoms. The molecule has 1 fully saturated rings. The van der Waals surface area contributed by atoms with Crippen LogP contribution in [0.3, 0.4) is 0 Å². The summed E-state index contributed by atoms with van der Waals surface area (Å²) in [7, 11) is 0. The van der Waals surface area contributed by atoms with Gasteiger partial charge in [-0.1, -0.05) is 18.2 Å². The first kappa shape index (κ1) is 10.5. The molecule has 1 aliphatic heterocycles. The zero-order chi connectivity index (χ0) is 10.5. The van der Waals surface area contributed by atoms with E-state index in [0.717, 1.165) is 31.2 Å². The average Bonchev–Trinajstić information content (AvgIpc) is 2.74. The zero-order valence-corrected chi connectivity index (χ0v) is 9.33. The number of para-hydroxylation sites is 1. The summed E-state index contributed by atoms with van der Waals surface area (Å²) < 4.78 is 5.63. The van der Waals surface area contributed by atoms with Crippen LogP contribution in [0.2, 0.25) is 0 Å². The van der Waals surface area contributed by atoms with Crippen molar-refractivity contribution in [3.63, 3.8) is 0 Å². The average molecular weight is 205 g/mol. The fraction of sp³-hybridized carbons (Fsp3) is 0.538. The van der Waals surface area contributed by atoms with Crippen LogP contribution >= 0.6 is 0 Å². The highest BCUT2D eigenvalue weighted by atomic mass is 16.5. The molecule has 82 valence electrons. The minimum absolute atomic E-state index is 0.750. The Balaban J connectivity index is 2.05. The molecule has 0 saturated carbocycles. The van der Waals surface area contributed by atoms with Crippen molar-refractivity contribution in [1.29, 1.82) is 0 Å². The Hall–Kier alpha value is -1.02. The highest BCUT2D eigenvalue weighted by Crippen LogP contribution is 2.23. The first-order valence-electron chi connectivity index (χ1n) is 5.81. The van der Waals surface area contributed by atoms with E-state index in [1.807, 2.05) is 13.0 Å². The van der Waals surface area contributed by atoms with Gasteiger partial charge in [-0.05, 0) is 50.4 Å². The van der Waals surface area contributed by atoms with E-state index >= 15 is 0 Å². The van der Waals surface area contributed by atoms with E-state index in [4.69, 9.17) is 4.74 Å². The Morgan fingerprint density at radius 3 is 3.00 bits per heavy atom. The molecular formula is C13H19NO. The highest BCUT2D eigenvalue weighted by molar-refractivity contribution is 5.33. The van der Waals surface area contributed by atoms with Gasteiger partial charge in [0.2, 0.25) is 0 Å². The summed E-state index contributed by atoms with van der Waals surface area (Å²) >= 11 is 0. The SMILES string of the molecule is CCOc1ccccc1CC1CCNC1. The maximum Gasteiger partial charge on any atom is 0.122 e. The van der Waals surface area contributed by atoms with Crippen LogP contribution in [0.5, 0.6) is 5.75 Å². The second-order valence-electron chi connectivity index (χ2n) is 4.10. The quantitative estimate of drug-likeness (QED) is 0.814. The molecule has 0 spiro atoms. The highest BCUT2D eigenvalue weighted by Gasteiger charge is 2.16. The van der Waals surface area contributed by atoms with E-state index in [9.17, 15) is 0 Å². The van der Waals surface area contributed by atoms with Crippen molar-refractivity contribution in [2.24, 2.45) is 5.92 Å². The van der Waals surface area contributed by atoms with Crippen molar-refractivity contribution in [3.8, 4) is 5.75 Å². The molecule has 1 aromatic carbocycles. The van der Waals surface area contributed by atoms with Gasteiger partial charge < -0.3 is 10.1 Å². The summed E-state index contributed by atoms with van der Waals surface area (Å²) in [6.07, 6.45) is 2.43. The number of ether oxygens (including phenoxy) is 1. The lowest BCUT2D eigenvalue weighted by Gasteiger charge is -2.13. The van der Waals surface area contributed by atoms with Crippen LogP contribution in [0, 0.1) is 5.92 Å². The van der Waals surface area contributed by atoms with Gasteiger partial charge in [-0.2, -0.15) is 0 Å². The van der Waals surface area contributed by atoms with E-state index in [0.29, 0.717) is 0 Å². The van der Waals surface area contributed by atoms with Gasteiger partial charge in [-0.25, -0.2) is 0 Å². The maximum absolute atomic E-state index is 5.63. The van der Waals surface area contributed by atoms with Crippen molar-refractivity contribution in [2.75, 3.05) is 19.7 Å². The summed E-state index contributed by atoms with van der Waals surface area (Å²) in [5.41, 5.74) is 1.35. The molecule has 2 heteroatoms. The first-order valence-corrected chi connectivity index (χ1v) is 5.81. The van der Waals surface area contributed by atoms with Crippen LogP contribution in [-0.4, -0.2) is 19.7 Å². The van der Waals surface area contributed by atoms with Gasteiger partial charge in [0, 0.05) is 0 Å². The molecule has 2 rings (SSSR count). The lowest BCUT2D eigenvalue weighted by atomic mass is 9.98. The van der Waals surface area contributed by atoms with Crippen molar-refractivity contribution in [1.82, 2.24) is 5.32 Å². The van der Waals surface area contributed by atoms with Gasteiger partial charge in [0.1, 0.15) is 5.75 Å². The van der Waals surface area contributed by atoms with E-state index in [1.54, 1.807) is 0 Å². The van der Waals surface area contributed by atoms with Crippen molar-refractivity contribution < 1.29 is 4.74 Å². The Morgan fingerprint density at radius 2 is 2.27 bits per heavy atom.